The lowest BCUT2D eigenvalue weighted by molar-refractivity contribution is -0.660. The van der Waals surface area contributed by atoms with E-state index in [-0.39, 0.29) is 28.4 Å². The number of hydrogen-bond donors (Lipinski definition) is 0. The Labute approximate surface area is 376 Å². The van der Waals surface area contributed by atoms with Crippen LogP contribution in [-0.2, 0) is 28.7 Å². The number of aryl methyl sites for hydroxylation is 2. The van der Waals surface area contributed by atoms with E-state index in [1.54, 1.807) is 0 Å². The molecular weight excluding hydrogens is 761 g/mol. The van der Waals surface area contributed by atoms with Crippen molar-refractivity contribution in [2.45, 2.75) is 112 Å². The fraction of sp³-hybridized carbons (Fsp3) is 0.305. The predicted molar refractivity (Wildman–Crippen MR) is 272 cm³/mol. The molecule has 0 aliphatic carbocycles. The molecule has 4 heterocycles. The number of anilines is 3. The first-order valence-corrected chi connectivity index (χ1v) is 23.0. The normalized spacial score (nSPS) is 13.8. The fourth-order valence-electron chi connectivity index (χ4n) is 10.3. The summed E-state index contributed by atoms with van der Waals surface area (Å²) in [6.45, 7) is 30.3. The largest absolute Gasteiger partial charge is 0.311 e. The Morgan fingerprint density at radius 2 is 1.10 bits per heavy atom. The number of hydrogen-bond acceptors (Lipinski definition) is 1. The van der Waals surface area contributed by atoms with Crippen LogP contribution < -0.4 is 25.9 Å². The molecule has 8 aromatic rings. The average molecular weight is 825 g/mol. The molecule has 2 aliphatic rings. The second-order valence-corrected chi connectivity index (χ2v) is 22.8. The Balaban J connectivity index is 1.37. The zero-order chi connectivity index (χ0) is 44.7. The second kappa shape index (κ2) is 13.8. The van der Waals surface area contributed by atoms with Gasteiger partial charge in [0.2, 0.25) is 5.69 Å². The zero-order valence-corrected chi connectivity index (χ0v) is 40.0. The van der Waals surface area contributed by atoms with E-state index in [0.29, 0.717) is 0 Å². The van der Waals surface area contributed by atoms with E-state index >= 15 is 0 Å². The Morgan fingerprint density at radius 3 is 1.76 bits per heavy atom. The molecule has 2 aromatic heterocycles. The molecule has 0 amide bonds. The van der Waals surface area contributed by atoms with Crippen LogP contribution in [0.5, 0.6) is 0 Å². The smallest absolute Gasteiger partial charge is 0.252 e. The van der Waals surface area contributed by atoms with E-state index in [0.717, 1.165) is 0 Å². The van der Waals surface area contributed by atoms with E-state index in [9.17, 15) is 0 Å². The molecule has 0 saturated carbocycles. The molecule has 3 nitrogen and oxygen atoms in total. The van der Waals surface area contributed by atoms with Gasteiger partial charge in [0.25, 0.3) is 6.71 Å². The number of nitrogens with zero attached hydrogens (tertiary/aromatic N) is 3. The molecule has 0 N–H and O–H groups in total. The highest BCUT2D eigenvalue weighted by Gasteiger charge is 2.44. The monoisotopic (exact) mass is 825 g/mol. The molecule has 4 heteroatoms. The Hall–Kier alpha value is -5.87. The minimum atomic E-state index is -0.0438. The lowest BCUT2D eigenvalue weighted by Crippen LogP contribution is -2.60. The van der Waals surface area contributed by atoms with Crippen LogP contribution in [0.25, 0.3) is 49.9 Å². The third kappa shape index (κ3) is 6.58. The summed E-state index contributed by atoms with van der Waals surface area (Å²) in [5.74, 6) is 0. The van der Waals surface area contributed by atoms with E-state index in [1.165, 1.54) is 111 Å². The van der Waals surface area contributed by atoms with Gasteiger partial charge in [-0.3, -0.25) is 0 Å². The molecular formula is C59H63BN3+. The molecule has 63 heavy (non-hydrogen) atoms. The van der Waals surface area contributed by atoms with Gasteiger partial charge in [0.1, 0.15) is 7.05 Å². The summed E-state index contributed by atoms with van der Waals surface area (Å²) in [7, 11) is 2.14. The van der Waals surface area contributed by atoms with Crippen molar-refractivity contribution in [1.82, 2.24) is 4.57 Å². The first-order valence-electron chi connectivity index (χ1n) is 23.0. The van der Waals surface area contributed by atoms with Crippen molar-refractivity contribution < 1.29 is 4.57 Å². The SMILES string of the molecule is Cc1ccc(-c2cc3c4c(c2)-n2c5ccc(C(C)(C)C)cc5c5cc(C(C)(C)C)cc(c52)B4c2cc(C(C)(C)C)ccc2N3c2ccc(C(C)(C)C)cc2)cc1-c1cccc[n+]1C. The van der Waals surface area contributed by atoms with E-state index in [4.69, 9.17) is 0 Å². The Morgan fingerprint density at radius 1 is 0.492 bits per heavy atom. The van der Waals surface area contributed by atoms with Crippen LogP contribution in [0.4, 0.5) is 17.1 Å². The zero-order valence-electron chi connectivity index (χ0n) is 40.0. The summed E-state index contributed by atoms with van der Waals surface area (Å²) in [6.07, 6.45) is 2.14. The van der Waals surface area contributed by atoms with E-state index in [1.807, 2.05) is 0 Å². The van der Waals surface area contributed by atoms with Gasteiger partial charge in [0.05, 0.1) is 5.52 Å². The topological polar surface area (TPSA) is 12.1 Å². The average Bonchev–Trinajstić information content (AvgIpc) is 3.55. The van der Waals surface area contributed by atoms with Crippen molar-refractivity contribution in [2.24, 2.45) is 7.05 Å². The standard InChI is InChI=1S/C59H63BN3/c1-36-18-19-37(29-44(36)49-17-15-16-28-61(49)14)38-30-52-54-53(31-38)63-50-26-22-40(57(5,6)7)32-45(50)46-33-42(59(11,12)13)35-48(55(46)63)60(54)47-34-41(58(8,9)10)23-27-51(47)62(52)43-24-20-39(21-25-43)56(2,3)4/h15-35H,1-14H3/q+1. The van der Waals surface area contributed by atoms with Crippen molar-refractivity contribution in [3.05, 3.63) is 155 Å². The number of rotatable bonds is 3. The van der Waals surface area contributed by atoms with Gasteiger partial charge in [-0.15, -0.1) is 0 Å². The maximum Gasteiger partial charge on any atom is 0.252 e. The van der Waals surface area contributed by atoms with Crippen LogP contribution in [0.3, 0.4) is 0 Å². The summed E-state index contributed by atoms with van der Waals surface area (Å²) >= 11 is 0. The highest BCUT2D eigenvalue weighted by atomic mass is 15.2. The van der Waals surface area contributed by atoms with Crippen molar-refractivity contribution in [1.29, 1.82) is 0 Å². The van der Waals surface area contributed by atoms with Crippen LogP contribution in [0.15, 0.2) is 128 Å². The van der Waals surface area contributed by atoms with Crippen LogP contribution in [0.1, 0.15) is 111 Å². The van der Waals surface area contributed by atoms with Gasteiger partial charge in [-0.05, 0) is 145 Å². The summed E-state index contributed by atoms with van der Waals surface area (Å²) in [5.41, 5.74) is 23.2. The van der Waals surface area contributed by atoms with Gasteiger partial charge in [-0.25, -0.2) is 4.57 Å². The van der Waals surface area contributed by atoms with Crippen molar-refractivity contribution >= 4 is 62.0 Å². The molecule has 6 aromatic carbocycles. The fourth-order valence-corrected chi connectivity index (χ4v) is 10.3. The lowest BCUT2D eigenvalue weighted by atomic mass is 9.33. The van der Waals surface area contributed by atoms with Gasteiger partial charge < -0.3 is 9.47 Å². The summed E-state index contributed by atoms with van der Waals surface area (Å²) in [4.78, 5) is 2.58. The van der Waals surface area contributed by atoms with Crippen LogP contribution in [0.2, 0.25) is 0 Å². The molecule has 0 unspecified atom stereocenters. The minimum absolute atomic E-state index is 0.0147. The molecule has 2 aliphatic heterocycles. The molecule has 0 fully saturated rings. The van der Waals surface area contributed by atoms with Crippen molar-refractivity contribution in [3.8, 4) is 28.1 Å². The number of benzene rings is 6. The third-order valence-electron chi connectivity index (χ3n) is 14.2. The van der Waals surface area contributed by atoms with Crippen LogP contribution in [-0.4, -0.2) is 11.3 Å². The molecule has 0 bridgehead atoms. The van der Waals surface area contributed by atoms with E-state index in [2.05, 4.69) is 239 Å². The van der Waals surface area contributed by atoms with Gasteiger partial charge in [0.15, 0.2) is 6.20 Å². The first kappa shape index (κ1) is 41.2. The number of aromatic nitrogens is 2. The van der Waals surface area contributed by atoms with Gasteiger partial charge in [-0.1, -0.05) is 132 Å². The molecule has 10 rings (SSSR count). The molecule has 0 spiro atoms. The molecule has 0 saturated heterocycles. The second-order valence-electron chi connectivity index (χ2n) is 22.8. The highest BCUT2D eigenvalue weighted by molar-refractivity contribution is 7.00. The quantitative estimate of drug-likeness (QED) is 0.128. The van der Waals surface area contributed by atoms with Crippen molar-refractivity contribution in [3.63, 3.8) is 0 Å². The molecule has 316 valence electrons. The van der Waals surface area contributed by atoms with Gasteiger partial charge in [0, 0.05) is 56.7 Å². The third-order valence-corrected chi connectivity index (χ3v) is 14.2. The Kier molecular flexibility index (Phi) is 9.03. The summed E-state index contributed by atoms with van der Waals surface area (Å²) in [5, 5.41) is 2.68. The summed E-state index contributed by atoms with van der Waals surface area (Å²) < 4.78 is 4.87. The van der Waals surface area contributed by atoms with Gasteiger partial charge in [-0.2, -0.15) is 0 Å². The van der Waals surface area contributed by atoms with Gasteiger partial charge >= 0.3 is 0 Å². The maximum atomic E-state index is 2.64. The van der Waals surface area contributed by atoms with Crippen LogP contribution in [0, 0.1) is 6.92 Å². The number of fused-ring (bicyclic) bond motifs is 7. The van der Waals surface area contributed by atoms with E-state index < -0.39 is 0 Å². The summed E-state index contributed by atoms with van der Waals surface area (Å²) in [6, 6.07) is 47.7. The Bertz CT molecular complexity index is 3170. The van der Waals surface area contributed by atoms with Crippen LogP contribution >= 0.6 is 0 Å². The minimum Gasteiger partial charge on any atom is -0.311 e. The van der Waals surface area contributed by atoms with Crippen molar-refractivity contribution in [2.75, 3.05) is 4.90 Å². The predicted octanol–water partition coefficient (Wildman–Crippen LogP) is 13.1. The highest BCUT2D eigenvalue weighted by Crippen LogP contribution is 2.46. The molecule has 0 atom stereocenters. The first-order chi connectivity index (χ1) is 29.6. The number of pyridine rings is 1. The molecule has 0 radical (unpaired) electrons. The lowest BCUT2D eigenvalue weighted by Gasteiger charge is -2.41. The maximum absolute atomic E-state index is 2.64.